The molecule has 0 spiro atoms. The van der Waals surface area contributed by atoms with E-state index < -0.39 is 5.82 Å². The first kappa shape index (κ1) is 21.4. The predicted octanol–water partition coefficient (Wildman–Crippen LogP) is 1.43. The molecule has 1 aliphatic heterocycles. The maximum absolute atomic E-state index is 13.2. The van der Waals surface area contributed by atoms with Crippen LogP contribution in [0.3, 0.4) is 0 Å². The lowest BCUT2D eigenvalue weighted by Crippen LogP contribution is -3.10. The highest BCUT2D eigenvalue weighted by Crippen LogP contribution is 2.23. The van der Waals surface area contributed by atoms with Crippen molar-refractivity contribution in [2.75, 3.05) is 42.2 Å². The Kier molecular flexibility index (Phi) is 7.13. The summed E-state index contributed by atoms with van der Waals surface area (Å²) < 4.78 is 13.2. The number of carbonyl (C=O) groups excluding carboxylic acids is 3. The molecule has 0 aromatic heterocycles. The second kappa shape index (κ2) is 9.98. The molecule has 0 radical (unpaired) electrons. The van der Waals surface area contributed by atoms with Gasteiger partial charge in [-0.3, -0.25) is 14.4 Å². The SMILES string of the molecule is C[NH+](CCC(=O)Nc1ccc(N2CCCC2=O)cc1)CC(=O)Nc1cccc(F)c1. The van der Waals surface area contributed by atoms with Crippen LogP contribution in [-0.2, 0) is 14.4 Å². The Labute approximate surface area is 174 Å². The van der Waals surface area contributed by atoms with Crippen molar-refractivity contribution in [3.63, 3.8) is 0 Å². The summed E-state index contributed by atoms with van der Waals surface area (Å²) in [5, 5.41) is 5.47. The summed E-state index contributed by atoms with van der Waals surface area (Å²) in [5.74, 6) is -0.681. The molecular formula is C22H26FN4O3+. The molecule has 3 N–H and O–H groups in total. The summed E-state index contributed by atoms with van der Waals surface area (Å²) >= 11 is 0. The van der Waals surface area contributed by atoms with E-state index >= 15 is 0 Å². The fourth-order valence-corrected chi connectivity index (χ4v) is 3.33. The topological polar surface area (TPSA) is 83.0 Å². The van der Waals surface area contributed by atoms with Gasteiger partial charge >= 0.3 is 0 Å². The van der Waals surface area contributed by atoms with E-state index in [-0.39, 0.29) is 30.7 Å². The average molecular weight is 413 g/mol. The van der Waals surface area contributed by atoms with E-state index in [0.29, 0.717) is 24.3 Å². The van der Waals surface area contributed by atoms with Crippen LogP contribution in [0, 0.1) is 5.82 Å². The molecular weight excluding hydrogens is 387 g/mol. The van der Waals surface area contributed by atoms with Crippen molar-refractivity contribution in [3.8, 4) is 0 Å². The van der Waals surface area contributed by atoms with E-state index in [9.17, 15) is 18.8 Å². The number of hydrogen-bond acceptors (Lipinski definition) is 3. The van der Waals surface area contributed by atoms with Gasteiger partial charge in [-0.05, 0) is 48.9 Å². The molecule has 0 bridgehead atoms. The van der Waals surface area contributed by atoms with Gasteiger partial charge in [-0.15, -0.1) is 0 Å². The summed E-state index contributed by atoms with van der Waals surface area (Å²) in [7, 11) is 1.82. The Balaban J connectivity index is 1.40. The third-order valence-electron chi connectivity index (χ3n) is 4.89. The van der Waals surface area contributed by atoms with Gasteiger partial charge in [0.2, 0.25) is 11.8 Å². The second-order valence-electron chi connectivity index (χ2n) is 7.44. The molecule has 158 valence electrons. The Morgan fingerprint density at radius 2 is 1.80 bits per heavy atom. The monoisotopic (exact) mass is 413 g/mol. The molecule has 7 nitrogen and oxygen atoms in total. The first-order valence-corrected chi connectivity index (χ1v) is 9.98. The number of likely N-dealkylation sites (N-methyl/N-ethyl adjacent to an activating group) is 1. The number of nitrogens with one attached hydrogen (secondary N) is 3. The Hall–Kier alpha value is -3.26. The minimum Gasteiger partial charge on any atom is -0.329 e. The zero-order valence-corrected chi connectivity index (χ0v) is 16.9. The molecule has 1 heterocycles. The van der Waals surface area contributed by atoms with Gasteiger partial charge in [-0.2, -0.15) is 0 Å². The van der Waals surface area contributed by atoms with Crippen LogP contribution >= 0.6 is 0 Å². The molecule has 1 fully saturated rings. The minimum absolute atomic E-state index is 0.124. The lowest BCUT2D eigenvalue weighted by atomic mass is 10.2. The maximum Gasteiger partial charge on any atom is 0.279 e. The first-order valence-electron chi connectivity index (χ1n) is 9.98. The summed E-state index contributed by atoms with van der Waals surface area (Å²) in [5.41, 5.74) is 1.91. The number of benzene rings is 2. The van der Waals surface area contributed by atoms with Crippen LogP contribution in [0.2, 0.25) is 0 Å². The summed E-state index contributed by atoms with van der Waals surface area (Å²) in [6.45, 7) is 1.37. The zero-order chi connectivity index (χ0) is 21.5. The van der Waals surface area contributed by atoms with Crippen LogP contribution < -0.4 is 20.4 Å². The van der Waals surface area contributed by atoms with Gasteiger partial charge in [-0.1, -0.05) is 6.07 Å². The molecule has 1 saturated heterocycles. The Morgan fingerprint density at radius 1 is 1.07 bits per heavy atom. The third kappa shape index (κ3) is 6.12. The minimum atomic E-state index is -0.412. The quantitative estimate of drug-likeness (QED) is 0.612. The van der Waals surface area contributed by atoms with Gasteiger partial charge in [0.25, 0.3) is 5.91 Å². The molecule has 3 amide bonds. The highest BCUT2D eigenvalue weighted by Gasteiger charge is 2.21. The third-order valence-corrected chi connectivity index (χ3v) is 4.89. The van der Waals surface area contributed by atoms with E-state index in [0.717, 1.165) is 23.6 Å². The van der Waals surface area contributed by atoms with Crippen molar-refractivity contribution in [2.24, 2.45) is 0 Å². The lowest BCUT2D eigenvalue weighted by Gasteiger charge is -2.16. The molecule has 3 rings (SSSR count). The fraction of sp³-hybridized carbons (Fsp3) is 0.318. The van der Waals surface area contributed by atoms with Crippen LogP contribution in [0.4, 0.5) is 21.5 Å². The highest BCUT2D eigenvalue weighted by molar-refractivity contribution is 5.96. The summed E-state index contributed by atoms with van der Waals surface area (Å²) in [4.78, 5) is 38.6. The molecule has 2 aromatic rings. The average Bonchev–Trinajstić information content (AvgIpc) is 3.13. The number of nitrogens with zero attached hydrogens (tertiary/aromatic N) is 1. The van der Waals surface area contributed by atoms with Crippen molar-refractivity contribution in [1.82, 2.24) is 0 Å². The Bertz CT molecular complexity index is 917. The maximum atomic E-state index is 13.2. The van der Waals surface area contributed by atoms with E-state index in [1.807, 2.05) is 19.2 Å². The Morgan fingerprint density at radius 3 is 2.47 bits per heavy atom. The number of halogens is 1. The van der Waals surface area contributed by atoms with Crippen molar-refractivity contribution in [3.05, 3.63) is 54.3 Å². The standard InChI is InChI=1S/C22H25FN4O3/c1-26(15-21(29)25-18-5-2-4-16(23)14-18)13-11-20(28)24-17-7-9-19(10-8-17)27-12-3-6-22(27)30/h2,4-5,7-10,14H,3,6,11-13,15H2,1H3,(H,24,28)(H,25,29)/p+1. The zero-order valence-electron chi connectivity index (χ0n) is 16.9. The predicted molar refractivity (Wildman–Crippen MR) is 113 cm³/mol. The van der Waals surface area contributed by atoms with Crippen LogP contribution in [0.1, 0.15) is 19.3 Å². The van der Waals surface area contributed by atoms with E-state index in [1.165, 1.54) is 18.2 Å². The van der Waals surface area contributed by atoms with E-state index in [4.69, 9.17) is 0 Å². The molecule has 2 aromatic carbocycles. The van der Waals surface area contributed by atoms with Gasteiger partial charge < -0.3 is 20.4 Å². The second-order valence-corrected chi connectivity index (χ2v) is 7.44. The number of carbonyl (C=O) groups is 3. The number of anilines is 3. The highest BCUT2D eigenvalue weighted by atomic mass is 19.1. The van der Waals surface area contributed by atoms with Gasteiger partial charge in [-0.25, -0.2) is 4.39 Å². The van der Waals surface area contributed by atoms with Crippen molar-refractivity contribution >= 4 is 34.8 Å². The van der Waals surface area contributed by atoms with Crippen LogP contribution in [0.15, 0.2) is 48.5 Å². The van der Waals surface area contributed by atoms with Gasteiger partial charge in [0.05, 0.1) is 20.0 Å². The van der Waals surface area contributed by atoms with E-state index in [2.05, 4.69) is 10.6 Å². The molecule has 0 saturated carbocycles. The fourth-order valence-electron chi connectivity index (χ4n) is 3.33. The normalized spacial score (nSPS) is 14.5. The van der Waals surface area contributed by atoms with Crippen molar-refractivity contribution in [2.45, 2.75) is 19.3 Å². The molecule has 1 unspecified atom stereocenters. The van der Waals surface area contributed by atoms with E-state index in [1.54, 1.807) is 23.1 Å². The van der Waals surface area contributed by atoms with Gasteiger partial charge in [0.1, 0.15) is 5.82 Å². The molecule has 30 heavy (non-hydrogen) atoms. The molecule has 8 heteroatoms. The molecule has 1 aliphatic rings. The number of amides is 3. The van der Waals surface area contributed by atoms with Crippen LogP contribution in [0.25, 0.3) is 0 Å². The smallest absolute Gasteiger partial charge is 0.279 e. The summed E-state index contributed by atoms with van der Waals surface area (Å²) in [6, 6.07) is 12.9. The van der Waals surface area contributed by atoms with Gasteiger partial charge in [0, 0.05) is 30.0 Å². The van der Waals surface area contributed by atoms with Gasteiger partial charge in [0.15, 0.2) is 6.54 Å². The largest absolute Gasteiger partial charge is 0.329 e. The number of quaternary nitrogens is 1. The van der Waals surface area contributed by atoms with Crippen molar-refractivity contribution < 1.29 is 23.7 Å². The summed E-state index contributed by atoms with van der Waals surface area (Å²) in [6.07, 6.45) is 1.70. The number of hydrogen-bond donors (Lipinski definition) is 3. The van der Waals surface area contributed by atoms with Crippen LogP contribution in [-0.4, -0.2) is 44.4 Å². The van der Waals surface area contributed by atoms with Crippen LogP contribution in [0.5, 0.6) is 0 Å². The lowest BCUT2D eigenvalue weighted by molar-refractivity contribution is -0.870. The first-order chi connectivity index (χ1) is 14.4. The number of rotatable bonds is 8. The van der Waals surface area contributed by atoms with Crippen molar-refractivity contribution in [1.29, 1.82) is 0 Å². The molecule has 0 aliphatic carbocycles. The molecule has 1 atom stereocenters.